The van der Waals surface area contributed by atoms with Gasteiger partial charge >= 0.3 is 5.97 Å². The molecule has 0 aromatic carbocycles. The number of carboxylic acids is 1. The molecule has 0 bridgehead atoms. The van der Waals surface area contributed by atoms with Crippen molar-refractivity contribution < 1.29 is 9.90 Å². The quantitative estimate of drug-likeness (QED) is 0.383. The summed E-state index contributed by atoms with van der Waals surface area (Å²) in [4.78, 5) is 10.8. The Morgan fingerprint density at radius 3 is 2.27 bits per heavy atom. The fraction of sp³-hybridized carbons (Fsp3) is 0.900. The van der Waals surface area contributed by atoms with Crippen molar-refractivity contribution in [2.45, 2.75) is 38.1 Å². The largest absolute Gasteiger partial charge is 0.480 e. The smallest absolute Gasteiger partial charge is 0.320 e. The molecule has 0 amide bonds. The first-order valence-electron chi connectivity index (χ1n) is 5.58. The van der Waals surface area contributed by atoms with Crippen LogP contribution in [0.3, 0.4) is 0 Å². The molecule has 0 aliphatic carbocycles. The second-order valence-corrected chi connectivity index (χ2v) is 3.63. The van der Waals surface area contributed by atoms with E-state index in [9.17, 15) is 4.79 Å². The van der Waals surface area contributed by atoms with Gasteiger partial charge in [0.15, 0.2) is 0 Å². The molecule has 0 aromatic rings. The molecule has 1 atom stereocenters. The normalized spacial score (nSPS) is 12.7. The van der Waals surface area contributed by atoms with E-state index in [1.54, 1.807) is 0 Å². The van der Waals surface area contributed by atoms with Gasteiger partial charge in [0.05, 0.1) is 0 Å². The Labute approximate surface area is 91.2 Å². The number of unbranched alkanes of at least 4 members (excludes halogenated alkanes) is 2. The van der Waals surface area contributed by atoms with Gasteiger partial charge in [-0.15, -0.1) is 0 Å². The van der Waals surface area contributed by atoms with Crippen LogP contribution in [0.1, 0.15) is 32.1 Å². The summed E-state index contributed by atoms with van der Waals surface area (Å²) in [6.07, 6.45) is 4.25. The minimum Gasteiger partial charge on any atom is -0.480 e. The highest BCUT2D eigenvalue weighted by Crippen LogP contribution is 2.01. The third-order valence-corrected chi connectivity index (χ3v) is 2.27. The zero-order valence-electron chi connectivity index (χ0n) is 9.24. The van der Waals surface area contributed by atoms with Crippen molar-refractivity contribution in [2.24, 2.45) is 11.5 Å². The molecule has 0 aromatic heterocycles. The van der Waals surface area contributed by atoms with Crippen LogP contribution >= 0.6 is 0 Å². The summed E-state index contributed by atoms with van der Waals surface area (Å²) >= 11 is 0. The average Bonchev–Trinajstić information content (AvgIpc) is 2.21. The number of rotatable bonds is 10. The number of nitrogens with two attached hydrogens (primary N) is 2. The molecule has 0 radical (unpaired) electrons. The summed E-state index contributed by atoms with van der Waals surface area (Å²) in [6.45, 7) is 2.00. The van der Waals surface area contributed by atoms with E-state index in [2.05, 4.69) is 5.32 Å². The van der Waals surface area contributed by atoms with Gasteiger partial charge in [-0.3, -0.25) is 4.79 Å². The highest BCUT2D eigenvalue weighted by atomic mass is 16.4. The van der Waals surface area contributed by atoms with E-state index in [1.165, 1.54) is 0 Å². The van der Waals surface area contributed by atoms with Gasteiger partial charge in [0, 0.05) is 0 Å². The van der Waals surface area contributed by atoms with Crippen LogP contribution in [-0.2, 0) is 4.79 Å². The summed E-state index contributed by atoms with van der Waals surface area (Å²) in [7, 11) is 0. The molecule has 0 aliphatic rings. The van der Waals surface area contributed by atoms with Crippen LogP contribution in [0.2, 0.25) is 0 Å². The van der Waals surface area contributed by atoms with Gasteiger partial charge in [0.1, 0.15) is 6.04 Å². The highest BCUT2D eigenvalue weighted by molar-refractivity contribution is 5.73. The van der Waals surface area contributed by atoms with Crippen LogP contribution < -0.4 is 16.8 Å². The lowest BCUT2D eigenvalue weighted by Crippen LogP contribution is -2.37. The lowest BCUT2D eigenvalue weighted by atomic mass is 10.1. The van der Waals surface area contributed by atoms with E-state index in [0.717, 1.165) is 32.2 Å². The zero-order chi connectivity index (χ0) is 11.5. The number of aliphatic carboxylic acids is 1. The molecule has 5 nitrogen and oxygen atoms in total. The van der Waals surface area contributed by atoms with Crippen molar-refractivity contribution in [3.8, 4) is 0 Å². The number of carboxylic acid groups (broad SMARTS) is 1. The van der Waals surface area contributed by atoms with Gasteiger partial charge in [-0.2, -0.15) is 0 Å². The van der Waals surface area contributed by atoms with E-state index < -0.39 is 12.0 Å². The number of hydrogen-bond donors (Lipinski definition) is 4. The van der Waals surface area contributed by atoms with Crippen molar-refractivity contribution in [3.05, 3.63) is 0 Å². The highest BCUT2D eigenvalue weighted by Gasteiger charge is 2.14. The molecular weight excluding hydrogens is 194 g/mol. The summed E-state index contributed by atoms with van der Waals surface area (Å²) < 4.78 is 0. The topological polar surface area (TPSA) is 101 Å². The maximum Gasteiger partial charge on any atom is 0.320 e. The van der Waals surface area contributed by atoms with Gasteiger partial charge in [-0.1, -0.05) is 6.42 Å². The maximum absolute atomic E-state index is 10.8. The second kappa shape index (κ2) is 9.89. The molecule has 90 valence electrons. The summed E-state index contributed by atoms with van der Waals surface area (Å²) in [6, 6.07) is -0.436. The van der Waals surface area contributed by atoms with E-state index in [0.29, 0.717) is 19.5 Å². The van der Waals surface area contributed by atoms with Crippen molar-refractivity contribution in [3.63, 3.8) is 0 Å². The monoisotopic (exact) mass is 217 g/mol. The van der Waals surface area contributed by atoms with Crippen LogP contribution in [0.5, 0.6) is 0 Å². The molecule has 0 saturated carbocycles. The van der Waals surface area contributed by atoms with Gasteiger partial charge in [0.25, 0.3) is 0 Å². The number of nitrogens with one attached hydrogen (secondary N) is 1. The first-order valence-corrected chi connectivity index (χ1v) is 5.58. The first-order chi connectivity index (χ1) is 7.22. The zero-order valence-corrected chi connectivity index (χ0v) is 9.24. The van der Waals surface area contributed by atoms with E-state index in [1.807, 2.05) is 0 Å². The maximum atomic E-state index is 10.8. The lowest BCUT2D eigenvalue weighted by Gasteiger charge is -2.13. The van der Waals surface area contributed by atoms with Gasteiger partial charge < -0.3 is 21.9 Å². The molecule has 0 heterocycles. The molecule has 6 N–H and O–H groups in total. The van der Waals surface area contributed by atoms with Crippen molar-refractivity contribution in [1.82, 2.24) is 5.32 Å². The Hall–Kier alpha value is -0.650. The predicted molar refractivity (Wildman–Crippen MR) is 60.6 cm³/mol. The minimum absolute atomic E-state index is 0.436. The Balaban J connectivity index is 3.59. The van der Waals surface area contributed by atoms with Crippen LogP contribution in [-0.4, -0.2) is 36.8 Å². The van der Waals surface area contributed by atoms with Gasteiger partial charge in [0.2, 0.25) is 0 Å². The summed E-state index contributed by atoms with van der Waals surface area (Å²) in [5.74, 6) is -0.778. The minimum atomic E-state index is -0.778. The first kappa shape index (κ1) is 14.3. The average molecular weight is 217 g/mol. The molecule has 0 saturated heterocycles. The molecule has 0 rings (SSSR count). The third-order valence-electron chi connectivity index (χ3n) is 2.27. The van der Waals surface area contributed by atoms with Crippen molar-refractivity contribution >= 4 is 5.97 Å². The standard InChI is InChI=1S/C10H23N3O2/c11-6-2-1-5-9(10(14)15)13-8-4-3-7-12/h9,13H,1-8,11-12H2,(H,14,15)/t9-/m0/s1. The van der Waals surface area contributed by atoms with Crippen molar-refractivity contribution in [1.29, 1.82) is 0 Å². The second-order valence-electron chi connectivity index (χ2n) is 3.63. The molecule has 15 heavy (non-hydrogen) atoms. The molecule has 0 spiro atoms. The Bertz CT molecular complexity index is 165. The lowest BCUT2D eigenvalue weighted by molar-refractivity contribution is -0.139. The number of carbonyl (C=O) groups is 1. The molecule has 0 unspecified atom stereocenters. The van der Waals surface area contributed by atoms with Crippen LogP contribution in [0.15, 0.2) is 0 Å². The van der Waals surface area contributed by atoms with Crippen molar-refractivity contribution in [2.75, 3.05) is 19.6 Å². The fourth-order valence-electron chi connectivity index (χ4n) is 1.35. The fourth-order valence-corrected chi connectivity index (χ4v) is 1.35. The third kappa shape index (κ3) is 8.35. The van der Waals surface area contributed by atoms with Gasteiger partial charge in [-0.05, 0) is 45.3 Å². The molecule has 0 fully saturated rings. The van der Waals surface area contributed by atoms with E-state index >= 15 is 0 Å². The molecular formula is C10H23N3O2. The SMILES string of the molecule is NCCCCN[C@@H](CCCCN)C(=O)O. The summed E-state index contributed by atoms with van der Waals surface area (Å²) in [5.41, 5.74) is 10.7. The van der Waals surface area contributed by atoms with Crippen LogP contribution in [0, 0.1) is 0 Å². The van der Waals surface area contributed by atoms with E-state index in [4.69, 9.17) is 16.6 Å². The Morgan fingerprint density at radius 2 is 1.73 bits per heavy atom. The van der Waals surface area contributed by atoms with Crippen LogP contribution in [0.4, 0.5) is 0 Å². The molecule has 5 heteroatoms. The Kier molecular flexibility index (Phi) is 9.46. The Morgan fingerprint density at radius 1 is 1.13 bits per heavy atom. The number of hydrogen-bond acceptors (Lipinski definition) is 4. The molecule has 0 aliphatic heterocycles. The summed E-state index contributed by atoms with van der Waals surface area (Å²) in [5, 5.41) is 11.9. The van der Waals surface area contributed by atoms with E-state index in [-0.39, 0.29) is 0 Å². The predicted octanol–water partition coefficient (Wildman–Crippen LogP) is -0.103. The van der Waals surface area contributed by atoms with Crippen LogP contribution in [0.25, 0.3) is 0 Å². The van der Waals surface area contributed by atoms with Gasteiger partial charge in [-0.25, -0.2) is 0 Å².